The number of aromatic nitrogens is 4. The van der Waals surface area contributed by atoms with E-state index in [4.69, 9.17) is 9.26 Å². The number of benzene rings is 1. The van der Waals surface area contributed by atoms with Gasteiger partial charge in [-0.2, -0.15) is 10.1 Å². The molecule has 0 saturated carbocycles. The minimum atomic E-state index is -0.0936. The molecule has 30 heavy (non-hydrogen) atoms. The summed E-state index contributed by atoms with van der Waals surface area (Å²) in [5.74, 6) is 1.15. The third-order valence-electron chi connectivity index (χ3n) is 5.90. The lowest BCUT2D eigenvalue weighted by Crippen LogP contribution is -2.43. The van der Waals surface area contributed by atoms with Gasteiger partial charge in [-0.1, -0.05) is 31.1 Å². The Morgan fingerprint density at radius 2 is 2.23 bits per heavy atom. The van der Waals surface area contributed by atoms with Gasteiger partial charge in [-0.15, -0.1) is 0 Å². The lowest BCUT2D eigenvalue weighted by Gasteiger charge is -2.37. The van der Waals surface area contributed by atoms with Crippen LogP contribution in [0.15, 0.2) is 35.1 Å². The maximum Gasteiger partial charge on any atom is 0.254 e. The van der Waals surface area contributed by atoms with Gasteiger partial charge in [-0.25, -0.2) is 0 Å². The summed E-state index contributed by atoms with van der Waals surface area (Å²) in [6.07, 6.45) is 5.96. The number of aryl methyl sites for hydroxylation is 2. The van der Waals surface area contributed by atoms with Gasteiger partial charge < -0.3 is 14.6 Å². The molecule has 8 nitrogen and oxygen atoms in total. The van der Waals surface area contributed by atoms with Crippen molar-refractivity contribution >= 4 is 5.91 Å². The van der Waals surface area contributed by atoms with Crippen LogP contribution >= 0.6 is 0 Å². The molecule has 1 amide bonds. The van der Waals surface area contributed by atoms with Crippen molar-refractivity contribution in [1.82, 2.24) is 25.2 Å². The van der Waals surface area contributed by atoms with E-state index < -0.39 is 0 Å². The quantitative estimate of drug-likeness (QED) is 0.675. The molecule has 1 aliphatic heterocycles. The van der Waals surface area contributed by atoms with Gasteiger partial charge in [0.05, 0.1) is 37.6 Å². The Balaban J connectivity index is 1.27. The predicted octanol–water partition coefficient (Wildman–Crippen LogP) is 2.95. The number of ether oxygens (including phenoxy) is 1. The molecule has 8 heteroatoms. The Hall–Kier alpha value is -3.00. The zero-order valence-electron chi connectivity index (χ0n) is 17.2. The lowest BCUT2D eigenvalue weighted by molar-refractivity contribution is -0.111. The molecule has 0 spiro atoms. The van der Waals surface area contributed by atoms with Crippen LogP contribution in [0, 0.1) is 5.41 Å². The Bertz CT molecular complexity index is 1080. The number of hydrogen-bond donors (Lipinski definition) is 1. The van der Waals surface area contributed by atoms with Gasteiger partial charge in [0.15, 0.2) is 0 Å². The highest BCUT2D eigenvalue weighted by Gasteiger charge is 2.34. The molecule has 1 N–H and O–H groups in total. The van der Waals surface area contributed by atoms with E-state index in [0.717, 1.165) is 50.1 Å². The first-order valence-corrected chi connectivity index (χ1v) is 10.4. The number of hydrogen-bond acceptors (Lipinski definition) is 6. The summed E-state index contributed by atoms with van der Waals surface area (Å²) in [5.41, 5.74) is 4.01. The van der Waals surface area contributed by atoms with E-state index in [2.05, 4.69) is 39.6 Å². The molecule has 1 aliphatic carbocycles. The van der Waals surface area contributed by atoms with Crippen LogP contribution in [-0.4, -0.2) is 39.0 Å². The molecule has 2 aromatic heterocycles. The van der Waals surface area contributed by atoms with Crippen LogP contribution in [-0.2, 0) is 24.1 Å². The third-order valence-corrected chi connectivity index (χ3v) is 5.90. The second kappa shape index (κ2) is 7.36. The van der Waals surface area contributed by atoms with E-state index in [1.807, 2.05) is 23.9 Å². The smallest absolute Gasteiger partial charge is 0.254 e. The average molecular weight is 407 g/mol. The lowest BCUT2D eigenvalue weighted by atomic mass is 9.89. The van der Waals surface area contributed by atoms with Crippen LogP contribution in [0.25, 0.3) is 11.4 Å². The van der Waals surface area contributed by atoms with E-state index in [9.17, 15) is 4.79 Å². The maximum absolute atomic E-state index is 12.8. The second-order valence-electron chi connectivity index (χ2n) is 8.57. The van der Waals surface area contributed by atoms with Crippen molar-refractivity contribution in [3.8, 4) is 11.4 Å². The second-order valence-corrected chi connectivity index (χ2v) is 8.57. The van der Waals surface area contributed by atoms with Crippen molar-refractivity contribution in [1.29, 1.82) is 0 Å². The fourth-order valence-corrected chi connectivity index (χ4v) is 4.16. The monoisotopic (exact) mass is 407 g/mol. The van der Waals surface area contributed by atoms with Crippen molar-refractivity contribution < 1.29 is 14.1 Å². The number of carbonyl (C=O) groups excluding carboxylic acids is 1. The standard InChI is InChI=1S/C22H25N5O3/c1-3-19-25-20(26-30-19)15-4-6-17-14(8-15)5-7-18(17)24-21(28)16-9-23-27(10-16)11-22(2)12-29-13-22/h4,6,8-10,18H,3,5,7,11-13H2,1-2H3,(H,24,28)/t18-/m1/s1. The molecular weight excluding hydrogens is 382 g/mol. The summed E-state index contributed by atoms with van der Waals surface area (Å²) in [5, 5.41) is 11.6. The SMILES string of the molecule is CCc1nc(-c2ccc3c(c2)CC[C@H]3NC(=O)c2cnn(CC3(C)COC3)c2)no1. The largest absolute Gasteiger partial charge is 0.380 e. The predicted molar refractivity (Wildman–Crippen MR) is 109 cm³/mol. The van der Waals surface area contributed by atoms with Crippen LogP contribution in [0.5, 0.6) is 0 Å². The maximum atomic E-state index is 12.8. The van der Waals surface area contributed by atoms with Crippen molar-refractivity contribution in [2.24, 2.45) is 5.41 Å². The molecule has 156 valence electrons. The topological polar surface area (TPSA) is 95.1 Å². The summed E-state index contributed by atoms with van der Waals surface area (Å²) in [6, 6.07) is 6.16. The minimum absolute atomic E-state index is 0.001000. The number of nitrogens with one attached hydrogen (secondary N) is 1. The highest BCUT2D eigenvalue weighted by atomic mass is 16.5. The first kappa shape index (κ1) is 19.0. The molecular formula is C22H25N5O3. The van der Waals surface area contributed by atoms with E-state index >= 15 is 0 Å². The molecule has 1 atom stereocenters. The van der Waals surface area contributed by atoms with Gasteiger partial charge in [0.25, 0.3) is 5.91 Å². The zero-order chi connectivity index (χ0) is 20.7. The summed E-state index contributed by atoms with van der Waals surface area (Å²) >= 11 is 0. The van der Waals surface area contributed by atoms with Crippen LogP contribution in [0.3, 0.4) is 0 Å². The molecule has 1 aromatic carbocycles. The van der Waals surface area contributed by atoms with Crippen molar-refractivity contribution in [3.05, 3.63) is 53.2 Å². The van der Waals surface area contributed by atoms with Crippen molar-refractivity contribution in [3.63, 3.8) is 0 Å². The Kier molecular flexibility index (Phi) is 4.66. The molecule has 3 aromatic rings. The van der Waals surface area contributed by atoms with Crippen LogP contribution < -0.4 is 5.32 Å². The Morgan fingerprint density at radius 3 is 2.97 bits per heavy atom. The normalized spacial score (nSPS) is 19.3. The van der Waals surface area contributed by atoms with Crippen molar-refractivity contribution in [2.45, 2.75) is 45.7 Å². The minimum Gasteiger partial charge on any atom is -0.380 e. The van der Waals surface area contributed by atoms with Gasteiger partial charge in [0.1, 0.15) is 0 Å². The Labute approximate surface area is 174 Å². The molecule has 0 unspecified atom stereocenters. The average Bonchev–Trinajstić information content (AvgIpc) is 3.46. The molecule has 0 radical (unpaired) electrons. The summed E-state index contributed by atoms with van der Waals surface area (Å²) in [4.78, 5) is 17.2. The summed E-state index contributed by atoms with van der Waals surface area (Å²) in [6.45, 7) is 6.38. The molecule has 2 aliphatic rings. The van der Waals surface area contributed by atoms with Crippen molar-refractivity contribution in [2.75, 3.05) is 13.2 Å². The number of carbonyl (C=O) groups is 1. The highest BCUT2D eigenvalue weighted by Crippen LogP contribution is 2.34. The van der Waals surface area contributed by atoms with Gasteiger partial charge in [-0.05, 0) is 30.0 Å². The van der Waals surface area contributed by atoms with Crippen LogP contribution in [0.4, 0.5) is 0 Å². The molecule has 0 bridgehead atoms. The van der Waals surface area contributed by atoms with E-state index in [0.29, 0.717) is 17.3 Å². The third kappa shape index (κ3) is 3.52. The van der Waals surface area contributed by atoms with Crippen LogP contribution in [0.1, 0.15) is 53.7 Å². The van der Waals surface area contributed by atoms with Gasteiger partial charge in [0.2, 0.25) is 11.7 Å². The summed E-state index contributed by atoms with van der Waals surface area (Å²) < 4.78 is 12.4. The summed E-state index contributed by atoms with van der Waals surface area (Å²) in [7, 11) is 0. The Morgan fingerprint density at radius 1 is 1.37 bits per heavy atom. The van der Waals surface area contributed by atoms with E-state index in [1.54, 1.807) is 6.20 Å². The molecule has 1 fully saturated rings. The number of nitrogens with zero attached hydrogens (tertiary/aromatic N) is 4. The number of fused-ring (bicyclic) bond motifs is 1. The van der Waals surface area contributed by atoms with Gasteiger partial charge >= 0.3 is 0 Å². The highest BCUT2D eigenvalue weighted by molar-refractivity contribution is 5.94. The van der Waals surface area contributed by atoms with Gasteiger partial charge in [-0.3, -0.25) is 9.48 Å². The van der Waals surface area contributed by atoms with Crippen LogP contribution in [0.2, 0.25) is 0 Å². The fraction of sp³-hybridized carbons (Fsp3) is 0.455. The van der Waals surface area contributed by atoms with E-state index in [-0.39, 0.29) is 17.4 Å². The molecule has 5 rings (SSSR count). The number of rotatable bonds is 6. The first-order chi connectivity index (χ1) is 14.5. The zero-order valence-corrected chi connectivity index (χ0v) is 17.2. The van der Waals surface area contributed by atoms with E-state index in [1.165, 1.54) is 5.56 Å². The fourth-order valence-electron chi connectivity index (χ4n) is 4.16. The molecule has 1 saturated heterocycles. The van der Waals surface area contributed by atoms with Gasteiger partial charge in [0, 0.05) is 23.6 Å². The number of amides is 1. The molecule has 3 heterocycles. The first-order valence-electron chi connectivity index (χ1n) is 10.4.